The van der Waals surface area contributed by atoms with E-state index in [4.69, 9.17) is 11.6 Å². The number of carbonyl (C=O) groups is 1. The maximum absolute atomic E-state index is 13.2. The Morgan fingerprint density at radius 3 is 2.51 bits per heavy atom. The van der Waals surface area contributed by atoms with Gasteiger partial charge in [-0.3, -0.25) is 19.1 Å². The van der Waals surface area contributed by atoms with Gasteiger partial charge in [-0.25, -0.2) is 0 Å². The fourth-order valence-electron chi connectivity index (χ4n) is 4.64. The molecule has 0 bridgehead atoms. The number of aryl methyl sites for hydroxylation is 1. The smallest absolute Gasteiger partial charge is 0.255 e. The Balaban J connectivity index is 1.61. The van der Waals surface area contributed by atoms with Gasteiger partial charge in [-0.1, -0.05) is 36.4 Å². The minimum Gasteiger partial charge on any atom is -0.348 e. The summed E-state index contributed by atoms with van der Waals surface area (Å²) in [5.41, 5.74) is 5.21. The van der Waals surface area contributed by atoms with Crippen molar-refractivity contribution in [1.29, 1.82) is 0 Å². The van der Waals surface area contributed by atoms with E-state index in [1.807, 2.05) is 37.3 Å². The molecular weight excluding hydrogens is 484 g/mol. The summed E-state index contributed by atoms with van der Waals surface area (Å²) in [6.45, 7) is 7.60. The van der Waals surface area contributed by atoms with Gasteiger partial charge in [-0.15, -0.1) is 0 Å². The Bertz CT molecular complexity index is 1560. The van der Waals surface area contributed by atoms with Crippen LogP contribution in [0.3, 0.4) is 0 Å². The van der Waals surface area contributed by atoms with Gasteiger partial charge in [-0.05, 0) is 79.6 Å². The molecule has 1 aliphatic heterocycles. The Hall–Kier alpha value is -4.00. The minimum atomic E-state index is -0.173. The summed E-state index contributed by atoms with van der Waals surface area (Å²) in [5.74, 6) is -0.118. The molecule has 1 amide bonds. The summed E-state index contributed by atoms with van der Waals surface area (Å²) in [6, 6.07) is 18.1. The quantitative estimate of drug-likeness (QED) is 0.351. The molecule has 1 saturated heterocycles. The van der Waals surface area contributed by atoms with Gasteiger partial charge in [0.2, 0.25) is 0 Å². The van der Waals surface area contributed by atoms with Crippen LogP contribution in [-0.2, 0) is 0 Å². The minimum absolute atomic E-state index is 0.118. The number of hydrogen-bond donors (Lipinski definition) is 2. The first-order valence-corrected chi connectivity index (χ1v) is 12.6. The summed E-state index contributed by atoms with van der Waals surface area (Å²) in [5, 5.41) is 7.78. The number of aromatic nitrogens is 2. The standard InChI is InChI=1S/C30H27ClN4O2/c1-3-20(21-4-9-24(31)10-5-21)16-27-19(2)33-17-23-8-13-28(36)35(29(23)27)26-11-6-22(7-12-26)30(37)34-25-14-15-32-18-25/h3-13,16-17,25,32H,1,14-15,18H2,2H3,(H,34,37)/b20-16+. The molecule has 0 radical (unpaired) electrons. The fourth-order valence-corrected chi connectivity index (χ4v) is 4.76. The highest BCUT2D eigenvalue weighted by Gasteiger charge is 2.18. The van der Waals surface area contributed by atoms with Gasteiger partial charge in [0.25, 0.3) is 11.5 Å². The molecule has 1 fully saturated rings. The number of halogens is 1. The molecule has 7 heteroatoms. The molecule has 2 N–H and O–H groups in total. The van der Waals surface area contributed by atoms with E-state index in [-0.39, 0.29) is 17.5 Å². The van der Waals surface area contributed by atoms with Gasteiger partial charge in [-0.2, -0.15) is 0 Å². The molecular formula is C30H27ClN4O2. The molecule has 2 aromatic heterocycles. The summed E-state index contributed by atoms with van der Waals surface area (Å²) in [4.78, 5) is 30.5. The van der Waals surface area contributed by atoms with Gasteiger partial charge in [0.1, 0.15) is 0 Å². The number of rotatable bonds is 6. The van der Waals surface area contributed by atoms with Gasteiger partial charge >= 0.3 is 0 Å². The lowest BCUT2D eigenvalue weighted by atomic mass is 10.0. The molecule has 1 aliphatic rings. The molecule has 6 nitrogen and oxygen atoms in total. The van der Waals surface area contributed by atoms with Crippen molar-refractivity contribution in [1.82, 2.24) is 20.2 Å². The van der Waals surface area contributed by atoms with Crippen molar-refractivity contribution in [3.63, 3.8) is 0 Å². The second kappa shape index (κ2) is 10.5. The topological polar surface area (TPSA) is 76.0 Å². The molecule has 0 saturated carbocycles. The highest BCUT2D eigenvalue weighted by molar-refractivity contribution is 6.30. The van der Waals surface area contributed by atoms with E-state index in [9.17, 15) is 9.59 Å². The summed E-state index contributed by atoms with van der Waals surface area (Å²) in [7, 11) is 0. The van der Waals surface area contributed by atoms with Crippen LogP contribution < -0.4 is 16.2 Å². The zero-order valence-corrected chi connectivity index (χ0v) is 21.3. The maximum Gasteiger partial charge on any atom is 0.255 e. The molecule has 4 aromatic rings. The van der Waals surface area contributed by atoms with Crippen LogP contribution in [0.2, 0.25) is 5.02 Å². The molecule has 0 aliphatic carbocycles. The molecule has 186 valence electrons. The third-order valence-electron chi connectivity index (χ3n) is 6.65. The lowest BCUT2D eigenvalue weighted by molar-refractivity contribution is 0.0940. The molecule has 2 aromatic carbocycles. The predicted octanol–water partition coefficient (Wildman–Crippen LogP) is 5.17. The van der Waals surface area contributed by atoms with E-state index in [1.54, 1.807) is 47.2 Å². The first-order chi connectivity index (χ1) is 17.9. The molecule has 37 heavy (non-hydrogen) atoms. The number of carbonyl (C=O) groups excluding carboxylic acids is 1. The number of pyridine rings is 2. The number of allylic oxidation sites excluding steroid dienone is 2. The monoisotopic (exact) mass is 510 g/mol. The molecule has 1 atom stereocenters. The zero-order valence-electron chi connectivity index (χ0n) is 20.5. The van der Waals surface area contributed by atoms with Crippen LogP contribution in [0.25, 0.3) is 28.2 Å². The van der Waals surface area contributed by atoms with Crippen LogP contribution in [0.4, 0.5) is 0 Å². The number of fused-ring (bicyclic) bond motifs is 1. The Morgan fingerprint density at radius 1 is 1.11 bits per heavy atom. The molecule has 3 heterocycles. The number of hydrogen-bond acceptors (Lipinski definition) is 4. The highest BCUT2D eigenvalue weighted by Crippen LogP contribution is 2.28. The second-order valence-corrected chi connectivity index (χ2v) is 9.53. The fraction of sp³-hybridized carbons (Fsp3) is 0.167. The van der Waals surface area contributed by atoms with Gasteiger partial charge in [0, 0.05) is 57.8 Å². The number of nitrogens with zero attached hydrogens (tertiary/aromatic N) is 2. The largest absolute Gasteiger partial charge is 0.348 e. The molecule has 1 unspecified atom stereocenters. The van der Waals surface area contributed by atoms with Crippen molar-refractivity contribution < 1.29 is 4.79 Å². The molecule has 5 rings (SSSR count). The Kier molecular flexibility index (Phi) is 7.04. The lowest BCUT2D eigenvalue weighted by Crippen LogP contribution is -2.36. The summed E-state index contributed by atoms with van der Waals surface area (Å²) in [6.07, 6.45) is 6.46. The second-order valence-electron chi connectivity index (χ2n) is 9.09. The van der Waals surface area contributed by atoms with Crippen molar-refractivity contribution in [2.45, 2.75) is 19.4 Å². The van der Waals surface area contributed by atoms with Crippen molar-refractivity contribution in [3.8, 4) is 5.69 Å². The van der Waals surface area contributed by atoms with Crippen LogP contribution in [0.5, 0.6) is 0 Å². The van der Waals surface area contributed by atoms with Crippen molar-refractivity contribution in [2.24, 2.45) is 0 Å². The van der Waals surface area contributed by atoms with Crippen LogP contribution >= 0.6 is 11.6 Å². The number of nitrogens with one attached hydrogen (secondary N) is 2. The van der Waals surface area contributed by atoms with E-state index in [0.717, 1.165) is 52.8 Å². The third-order valence-corrected chi connectivity index (χ3v) is 6.90. The van der Waals surface area contributed by atoms with Gasteiger partial charge < -0.3 is 10.6 Å². The van der Waals surface area contributed by atoms with Crippen molar-refractivity contribution in [2.75, 3.05) is 13.1 Å². The lowest BCUT2D eigenvalue weighted by Gasteiger charge is -2.16. The van der Waals surface area contributed by atoms with Crippen LogP contribution in [0.1, 0.15) is 33.6 Å². The first kappa shape index (κ1) is 24.7. The third kappa shape index (κ3) is 5.12. The van der Waals surface area contributed by atoms with Gasteiger partial charge in [0.15, 0.2) is 0 Å². The Labute approximate surface area is 220 Å². The van der Waals surface area contributed by atoms with E-state index in [1.165, 1.54) is 6.07 Å². The van der Waals surface area contributed by atoms with Crippen molar-refractivity contribution >= 4 is 40.1 Å². The van der Waals surface area contributed by atoms with E-state index in [0.29, 0.717) is 16.3 Å². The summed E-state index contributed by atoms with van der Waals surface area (Å²) < 4.78 is 1.67. The van der Waals surface area contributed by atoms with Crippen LogP contribution in [0, 0.1) is 6.92 Å². The zero-order chi connectivity index (χ0) is 25.9. The van der Waals surface area contributed by atoms with E-state index >= 15 is 0 Å². The SMILES string of the molecule is C=C/C(=C\c1c(C)ncc2ccc(=O)n(-c3ccc(C(=O)NC4CCNC4)cc3)c12)c1ccc(Cl)cc1. The van der Waals surface area contributed by atoms with E-state index < -0.39 is 0 Å². The number of benzene rings is 2. The maximum atomic E-state index is 13.2. The normalized spacial score (nSPS) is 15.6. The average molecular weight is 511 g/mol. The van der Waals surface area contributed by atoms with Crippen molar-refractivity contribution in [3.05, 3.63) is 117 Å². The van der Waals surface area contributed by atoms with Crippen LogP contribution in [0.15, 0.2) is 84.3 Å². The predicted molar refractivity (Wildman–Crippen MR) is 150 cm³/mol. The average Bonchev–Trinajstić information content (AvgIpc) is 3.42. The molecule has 0 spiro atoms. The number of amides is 1. The highest BCUT2D eigenvalue weighted by atomic mass is 35.5. The van der Waals surface area contributed by atoms with Gasteiger partial charge in [0.05, 0.1) is 5.52 Å². The summed E-state index contributed by atoms with van der Waals surface area (Å²) >= 11 is 6.08. The van der Waals surface area contributed by atoms with E-state index in [2.05, 4.69) is 22.2 Å². The first-order valence-electron chi connectivity index (χ1n) is 12.2. The Morgan fingerprint density at radius 2 is 1.84 bits per heavy atom. The van der Waals surface area contributed by atoms with Crippen LogP contribution in [-0.4, -0.2) is 34.6 Å².